The minimum Gasteiger partial charge on any atom is -0.456 e. The van der Waals surface area contributed by atoms with Crippen molar-refractivity contribution in [1.82, 2.24) is 10.2 Å². The number of hydrogen-bond acceptors (Lipinski definition) is 5. The second-order valence-corrected chi connectivity index (χ2v) is 7.21. The van der Waals surface area contributed by atoms with Crippen molar-refractivity contribution in [3.05, 3.63) is 29.8 Å². The Bertz CT molecular complexity index is 757. The van der Waals surface area contributed by atoms with Gasteiger partial charge in [-0.15, -0.1) is 0 Å². The number of esters is 1. The Morgan fingerprint density at radius 2 is 1.89 bits per heavy atom. The zero-order chi connectivity index (χ0) is 20.2. The molecule has 0 unspecified atom stereocenters. The van der Waals surface area contributed by atoms with E-state index >= 15 is 0 Å². The minimum absolute atomic E-state index is 0.0925. The summed E-state index contributed by atoms with van der Waals surface area (Å²) in [5.41, 5.74) is 0.679. The molecule has 1 heterocycles. The van der Waals surface area contributed by atoms with Crippen LogP contribution in [0, 0.1) is 0 Å². The van der Waals surface area contributed by atoms with Gasteiger partial charge in [0.1, 0.15) is 5.54 Å². The lowest BCUT2D eigenvalue weighted by Gasteiger charge is -2.15. The van der Waals surface area contributed by atoms with Crippen LogP contribution in [0.5, 0.6) is 0 Å². The second kappa shape index (κ2) is 8.20. The summed E-state index contributed by atoms with van der Waals surface area (Å²) in [6.45, 7) is 6.68. The van der Waals surface area contributed by atoms with E-state index in [1.165, 1.54) is 0 Å². The van der Waals surface area contributed by atoms with E-state index in [-0.39, 0.29) is 18.9 Å². The highest BCUT2D eigenvalue weighted by atomic mass is 16.5. The van der Waals surface area contributed by atoms with Crippen molar-refractivity contribution in [2.75, 3.05) is 18.5 Å². The van der Waals surface area contributed by atoms with Crippen molar-refractivity contribution in [3.8, 4) is 0 Å². The number of urea groups is 1. The van der Waals surface area contributed by atoms with E-state index in [9.17, 15) is 19.2 Å². The van der Waals surface area contributed by atoms with E-state index in [2.05, 4.69) is 10.6 Å². The van der Waals surface area contributed by atoms with E-state index < -0.39 is 36.0 Å². The average molecular weight is 375 g/mol. The molecule has 0 saturated carbocycles. The highest BCUT2D eigenvalue weighted by Gasteiger charge is 2.44. The topological polar surface area (TPSA) is 105 Å². The lowest BCUT2D eigenvalue weighted by Crippen LogP contribution is -2.40. The summed E-state index contributed by atoms with van der Waals surface area (Å²) in [6, 6.07) is 6.87. The second-order valence-electron chi connectivity index (χ2n) is 7.21. The zero-order valence-corrected chi connectivity index (χ0v) is 16.0. The number of anilines is 1. The molecule has 1 aliphatic heterocycles. The summed E-state index contributed by atoms with van der Waals surface area (Å²) >= 11 is 0. The first kappa shape index (κ1) is 20.4. The maximum atomic E-state index is 12.0. The number of hydrogen-bond donors (Lipinski definition) is 2. The number of nitrogens with zero attached hydrogens (tertiary/aromatic N) is 1. The third-order valence-corrected chi connectivity index (χ3v) is 4.21. The SMILES string of the molecule is CC(C)c1ccccc1NC(=O)COC(=O)CCN1C(=O)NC(C)(C)C1=O. The minimum atomic E-state index is -0.981. The maximum Gasteiger partial charge on any atom is 0.325 e. The van der Waals surface area contributed by atoms with Crippen LogP contribution < -0.4 is 10.6 Å². The third-order valence-electron chi connectivity index (χ3n) is 4.21. The maximum absolute atomic E-state index is 12.0. The van der Waals surface area contributed by atoms with E-state index in [1.807, 2.05) is 32.0 Å². The number of rotatable bonds is 7. The van der Waals surface area contributed by atoms with E-state index in [1.54, 1.807) is 19.9 Å². The Labute approximate surface area is 158 Å². The highest BCUT2D eigenvalue weighted by molar-refractivity contribution is 6.06. The molecule has 1 saturated heterocycles. The van der Waals surface area contributed by atoms with Gasteiger partial charge in [0.05, 0.1) is 6.42 Å². The van der Waals surface area contributed by atoms with Gasteiger partial charge < -0.3 is 15.4 Å². The predicted molar refractivity (Wildman–Crippen MR) is 99.1 cm³/mol. The van der Waals surface area contributed by atoms with Gasteiger partial charge in [-0.3, -0.25) is 19.3 Å². The van der Waals surface area contributed by atoms with Gasteiger partial charge >= 0.3 is 12.0 Å². The molecule has 2 rings (SSSR count). The van der Waals surface area contributed by atoms with Crippen LogP contribution in [0.4, 0.5) is 10.5 Å². The summed E-state index contributed by atoms with van der Waals surface area (Å²) in [7, 11) is 0. The van der Waals surface area contributed by atoms with Crippen molar-refractivity contribution in [2.24, 2.45) is 0 Å². The Kier molecular flexibility index (Phi) is 6.20. The molecular formula is C19H25N3O5. The summed E-state index contributed by atoms with van der Waals surface area (Å²) in [5.74, 6) is -1.28. The van der Waals surface area contributed by atoms with Gasteiger partial charge in [-0.25, -0.2) is 4.79 Å². The van der Waals surface area contributed by atoms with Gasteiger partial charge in [0.15, 0.2) is 6.61 Å². The molecule has 1 aromatic carbocycles. The normalized spacial score (nSPS) is 15.7. The fraction of sp³-hybridized carbons (Fsp3) is 0.474. The molecule has 1 fully saturated rings. The first-order valence-electron chi connectivity index (χ1n) is 8.80. The lowest BCUT2D eigenvalue weighted by atomic mass is 10.0. The fourth-order valence-electron chi connectivity index (χ4n) is 2.74. The molecule has 8 nitrogen and oxygen atoms in total. The zero-order valence-electron chi connectivity index (χ0n) is 16.0. The smallest absolute Gasteiger partial charge is 0.325 e. The van der Waals surface area contributed by atoms with Crippen LogP contribution in [0.1, 0.15) is 45.6 Å². The highest BCUT2D eigenvalue weighted by Crippen LogP contribution is 2.23. The molecule has 0 bridgehead atoms. The Morgan fingerprint density at radius 1 is 1.22 bits per heavy atom. The molecule has 146 valence electrons. The number of amides is 4. The molecule has 8 heteroatoms. The van der Waals surface area contributed by atoms with Crippen LogP contribution in [-0.4, -0.2) is 47.4 Å². The largest absolute Gasteiger partial charge is 0.456 e. The molecule has 0 spiro atoms. The van der Waals surface area contributed by atoms with E-state index in [4.69, 9.17) is 4.74 Å². The standard InChI is InChI=1S/C19H25N3O5/c1-12(2)13-7-5-6-8-14(13)20-15(23)11-27-16(24)9-10-22-17(25)19(3,4)21-18(22)26/h5-8,12H,9-11H2,1-4H3,(H,20,23)(H,21,26). The molecule has 2 N–H and O–H groups in total. The number of nitrogens with one attached hydrogen (secondary N) is 2. The molecule has 0 aromatic heterocycles. The van der Waals surface area contributed by atoms with E-state index in [0.29, 0.717) is 5.69 Å². The average Bonchev–Trinajstić information content (AvgIpc) is 2.79. The van der Waals surface area contributed by atoms with Crippen LogP contribution in [0.25, 0.3) is 0 Å². The van der Waals surface area contributed by atoms with Crippen LogP contribution >= 0.6 is 0 Å². The molecule has 27 heavy (non-hydrogen) atoms. The molecule has 0 aliphatic carbocycles. The van der Waals surface area contributed by atoms with Crippen molar-refractivity contribution in [2.45, 2.75) is 45.6 Å². The molecule has 0 atom stereocenters. The predicted octanol–water partition coefficient (Wildman–Crippen LogP) is 2.01. The summed E-state index contributed by atoms with van der Waals surface area (Å²) in [5, 5.41) is 5.25. The molecular weight excluding hydrogens is 350 g/mol. The number of ether oxygens (including phenoxy) is 1. The Hall–Kier alpha value is -2.90. The van der Waals surface area contributed by atoms with Crippen LogP contribution in [-0.2, 0) is 19.1 Å². The number of benzene rings is 1. The monoisotopic (exact) mass is 375 g/mol. The first-order valence-corrected chi connectivity index (χ1v) is 8.80. The van der Waals surface area contributed by atoms with Gasteiger partial charge in [0.25, 0.3) is 11.8 Å². The molecule has 4 amide bonds. The van der Waals surface area contributed by atoms with Crippen molar-refractivity contribution < 1.29 is 23.9 Å². The number of para-hydroxylation sites is 1. The van der Waals surface area contributed by atoms with Gasteiger partial charge in [0, 0.05) is 12.2 Å². The van der Waals surface area contributed by atoms with Crippen molar-refractivity contribution in [1.29, 1.82) is 0 Å². The van der Waals surface area contributed by atoms with Crippen molar-refractivity contribution in [3.63, 3.8) is 0 Å². The quantitative estimate of drug-likeness (QED) is 0.560. The number of carbonyl (C=O) groups is 4. The Morgan fingerprint density at radius 3 is 2.48 bits per heavy atom. The van der Waals surface area contributed by atoms with Crippen molar-refractivity contribution >= 4 is 29.5 Å². The third kappa shape index (κ3) is 5.06. The number of carbonyl (C=O) groups excluding carboxylic acids is 4. The van der Waals surface area contributed by atoms with E-state index in [0.717, 1.165) is 10.5 Å². The van der Waals surface area contributed by atoms with Gasteiger partial charge in [-0.1, -0.05) is 32.0 Å². The number of imide groups is 1. The van der Waals surface area contributed by atoms with Crippen LogP contribution in [0.15, 0.2) is 24.3 Å². The summed E-state index contributed by atoms with van der Waals surface area (Å²) < 4.78 is 4.94. The summed E-state index contributed by atoms with van der Waals surface area (Å²) in [4.78, 5) is 48.6. The van der Waals surface area contributed by atoms with Gasteiger partial charge in [-0.05, 0) is 31.4 Å². The van der Waals surface area contributed by atoms with Crippen LogP contribution in [0.3, 0.4) is 0 Å². The Balaban J connectivity index is 1.80. The molecule has 1 aliphatic rings. The fourth-order valence-corrected chi connectivity index (χ4v) is 2.74. The molecule has 0 radical (unpaired) electrons. The molecule has 1 aromatic rings. The van der Waals surface area contributed by atoms with Gasteiger partial charge in [0.2, 0.25) is 0 Å². The van der Waals surface area contributed by atoms with Gasteiger partial charge in [-0.2, -0.15) is 0 Å². The van der Waals surface area contributed by atoms with Crippen LogP contribution in [0.2, 0.25) is 0 Å². The summed E-state index contributed by atoms with van der Waals surface area (Å²) in [6.07, 6.45) is -0.175. The first-order chi connectivity index (χ1) is 12.6. The lowest BCUT2D eigenvalue weighted by molar-refractivity contribution is -0.147.